The third kappa shape index (κ3) is 2.94. The van der Waals surface area contributed by atoms with E-state index in [0.29, 0.717) is 6.42 Å². The maximum absolute atomic E-state index is 12.3. The number of hydrogen-bond acceptors (Lipinski definition) is 3. The minimum atomic E-state index is 0.279. The van der Waals surface area contributed by atoms with Gasteiger partial charge in [0.25, 0.3) is 0 Å². The van der Waals surface area contributed by atoms with Crippen LogP contribution in [0, 0.1) is 0 Å². The van der Waals surface area contributed by atoms with Crippen molar-refractivity contribution >= 4 is 29.4 Å². The first-order valence-electron chi connectivity index (χ1n) is 8.45. The fourth-order valence-corrected chi connectivity index (χ4v) is 7.26. The van der Waals surface area contributed by atoms with Crippen LogP contribution in [0.1, 0.15) is 49.9 Å². The molecule has 122 valence electrons. The van der Waals surface area contributed by atoms with Crippen LogP contribution in [0.3, 0.4) is 0 Å². The molecule has 1 saturated heterocycles. The van der Waals surface area contributed by atoms with Crippen molar-refractivity contribution in [1.82, 2.24) is 9.88 Å². The highest BCUT2D eigenvalue weighted by Crippen LogP contribution is 2.58. The minimum absolute atomic E-state index is 0.279. The molecule has 0 bridgehead atoms. The van der Waals surface area contributed by atoms with Gasteiger partial charge in [-0.1, -0.05) is 0 Å². The molecule has 1 fully saturated rings. The van der Waals surface area contributed by atoms with E-state index in [0.717, 1.165) is 19.5 Å². The Morgan fingerprint density at radius 2 is 2.05 bits per heavy atom. The Labute approximate surface area is 142 Å². The van der Waals surface area contributed by atoms with Crippen LogP contribution in [0.15, 0.2) is 6.20 Å². The summed E-state index contributed by atoms with van der Waals surface area (Å²) in [6.07, 6.45) is 7.42. The Kier molecular flexibility index (Phi) is 5.13. The number of rotatable bonds is 5. The van der Waals surface area contributed by atoms with Crippen molar-refractivity contribution in [3.8, 4) is 0 Å². The van der Waals surface area contributed by atoms with Crippen molar-refractivity contribution in [2.45, 2.75) is 50.0 Å². The Morgan fingerprint density at radius 1 is 1.32 bits per heavy atom. The van der Waals surface area contributed by atoms with Crippen LogP contribution in [-0.4, -0.2) is 40.4 Å². The maximum atomic E-state index is 12.3. The summed E-state index contributed by atoms with van der Waals surface area (Å²) in [5.41, 5.74) is 4.36. The van der Waals surface area contributed by atoms with E-state index in [1.165, 1.54) is 42.0 Å². The fraction of sp³-hybridized carbons (Fsp3) is 0.706. The summed E-state index contributed by atoms with van der Waals surface area (Å²) in [5.74, 6) is 2.80. The topological polar surface area (TPSA) is 36.1 Å². The number of amides is 1. The molecular formula is C17H26N2OS2. The second kappa shape index (κ2) is 6.91. The van der Waals surface area contributed by atoms with Crippen LogP contribution >= 0.6 is 23.5 Å². The summed E-state index contributed by atoms with van der Waals surface area (Å²) in [5, 5.41) is 0. The van der Waals surface area contributed by atoms with Gasteiger partial charge in [-0.25, -0.2) is 0 Å². The molecule has 5 heteroatoms. The molecule has 0 unspecified atom stereocenters. The summed E-state index contributed by atoms with van der Waals surface area (Å²) in [6.45, 7) is 5.74. The average molecular weight is 339 g/mol. The maximum Gasteiger partial charge on any atom is 0.222 e. The zero-order valence-electron chi connectivity index (χ0n) is 13.6. The van der Waals surface area contributed by atoms with Crippen LogP contribution in [0.25, 0.3) is 0 Å². The van der Waals surface area contributed by atoms with Crippen LogP contribution in [0.4, 0.5) is 0 Å². The molecule has 1 aromatic heterocycles. The van der Waals surface area contributed by atoms with Crippen LogP contribution in [0.2, 0.25) is 0 Å². The highest BCUT2D eigenvalue weighted by molar-refractivity contribution is 8.20. The standard InChI is InChI=1S/C17H26N2OS2/c1-3-19(4-2)15(20)8-7-13-12-18-14-6-5-9-17(16(13)14)21-10-11-22-17/h12,18H,3-11H2,1-2H3. The summed E-state index contributed by atoms with van der Waals surface area (Å²) >= 11 is 4.25. The number of aromatic nitrogens is 1. The van der Waals surface area contributed by atoms with Crippen molar-refractivity contribution in [3.63, 3.8) is 0 Å². The number of fused-ring (bicyclic) bond motifs is 2. The van der Waals surface area contributed by atoms with Gasteiger partial charge in [-0.3, -0.25) is 4.79 Å². The summed E-state index contributed by atoms with van der Waals surface area (Å²) in [7, 11) is 0. The molecular weight excluding hydrogens is 312 g/mol. The highest BCUT2D eigenvalue weighted by atomic mass is 32.2. The lowest BCUT2D eigenvalue weighted by molar-refractivity contribution is -0.130. The van der Waals surface area contributed by atoms with Crippen LogP contribution in [0.5, 0.6) is 0 Å². The minimum Gasteiger partial charge on any atom is -0.364 e. The zero-order valence-corrected chi connectivity index (χ0v) is 15.2. The predicted octanol–water partition coefficient (Wildman–Crippen LogP) is 3.78. The van der Waals surface area contributed by atoms with Crippen molar-refractivity contribution < 1.29 is 4.79 Å². The molecule has 0 atom stereocenters. The molecule has 0 aromatic carbocycles. The smallest absolute Gasteiger partial charge is 0.222 e. The van der Waals surface area contributed by atoms with E-state index in [2.05, 4.69) is 48.6 Å². The van der Waals surface area contributed by atoms with Gasteiger partial charge >= 0.3 is 0 Å². The first kappa shape index (κ1) is 16.3. The van der Waals surface area contributed by atoms with E-state index in [-0.39, 0.29) is 9.99 Å². The molecule has 1 aromatic rings. The molecule has 1 N–H and O–H groups in total. The van der Waals surface area contributed by atoms with E-state index in [1.54, 1.807) is 5.56 Å². The number of carbonyl (C=O) groups is 1. The van der Waals surface area contributed by atoms with Gasteiger partial charge in [0.2, 0.25) is 5.91 Å². The summed E-state index contributed by atoms with van der Waals surface area (Å²) in [4.78, 5) is 17.7. The van der Waals surface area contributed by atoms with E-state index < -0.39 is 0 Å². The second-order valence-corrected chi connectivity index (χ2v) is 9.08. The van der Waals surface area contributed by atoms with Gasteiger partial charge in [0.1, 0.15) is 0 Å². The number of thioether (sulfide) groups is 2. The molecule has 1 aliphatic heterocycles. The van der Waals surface area contributed by atoms with E-state index >= 15 is 0 Å². The van der Waals surface area contributed by atoms with Gasteiger partial charge in [0, 0.05) is 48.5 Å². The van der Waals surface area contributed by atoms with Crippen molar-refractivity contribution in [2.75, 3.05) is 24.6 Å². The van der Waals surface area contributed by atoms with Crippen LogP contribution < -0.4 is 0 Å². The van der Waals surface area contributed by atoms with E-state index in [1.807, 2.05) is 4.90 Å². The normalized spacial score (nSPS) is 19.4. The lowest BCUT2D eigenvalue weighted by Gasteiger charge is -2.33. The number of nitrogens with zero attached hydrogens (tertiary/aromatic N) is 1. The average Bonchev–Trinajstić information content (AvgIpc) is 3.15. The molecule has 3 nitrogen and oxygen atoms in total. The molecule has 3 rings (SSSR count). The zero-order chi connectivity index (χ0) is 15.6. The molecule has 2 heterocycles. The van der Waals surface area contributed by atoms with E-state index in [9.17, 15) is 4.79 Å². The van der Waals surface area contributed by atoms with Gasteiger partial charge in [-0.15, -0.1) is 23.5 Å². The molecule has 2 aliphatic rings. The first-order chi connectivity index (χ1) is 10.7. The lowest BCUT2D eigenvalue weighted by Crippen LogP contribution is -2.30. The first-order valence-corrected chi connectivity index (χ1v) is 10.4. The monoisotopic (exact) mass is 338 g/mol. The lowest BCUT2D eigenvalue weighted by atomic mass is 9.92. The molecule has 22 heavy (non-hydrogen) atoms. The molecule has 0 saturated carbocycles. The second-order valence-electron chi connectivity index (χ2n) is 6.04. The Hall–Kier alpha value is -0.550. The number of aromatic amines is 1. The van der Waals surface area contributed by atoms with Crippen molar-refractivity contribution in [2.24, 2.45) is 0 Å². The highest BCUT2D eigenvalue weighted by Gasteiger charge is 2.43. The van der Waals surface area contributed by atoms with E-state index in [4.69, 9.17) is 0 Å². The van der Waals surface area contributed by atoms with Gasteiger partial charge in [-0.05, 0) is 45.1 Å². The van der Waals surface area contributed by atoms with Gasteiger partial charge in [0.05, 0.1) is 4.08 Å². The molecule has 1 spiro atoms. The van der Waals surface area contributed by atoms with Gasteiger partial charge < -0.3 is 9.88 Å². The van der Waals surface area contributed by atoms with Gasteiger partial charge in [0.15, 0.2) is 0 Å². The third-order valence-electron chi connectivity index (χ3n) is 4.84. The van der Waals surface area contributed by atoms with Crippen molar-refractivity contribution in [3.05, 3.63) is 23.0 Å². The number of H-pyrrole nitrogens is 1. The number of carbonyl (C=O) groups excluding carboxylic acids is 1. The number of aryl methyl sites for hydroxylation is 2. The van der Waals surface area contributed by atoms with Gasteiger partial charge in [-0.2, -0.15) is 0 Å². The molecule has 1 amide bonds. The fourth-order valence-electron chi connectivity index (χ4n) is 3.72. The SMILES string of the molecule is CCN(CC)C(=O)CCc1c[nH]c2c1C1(CCC2)SCCS1. The Balaban J connectivity index is 1.76. The van der Waals surface area contributed by atoms with Crippen molar-refractivity contribution in [1.29, 1.82) is 0 Å². The quantitative estimate of drug-likeness (QED) is 0.887. The molecule has 0 radical (unpaired) electrons. The Morgan fingerprint density at radius 3 is 2.73 bits per heavy atom. The number of nitrogens with one attached hydrogen (secondary N) is 1. The predicted molar refractivity (Wildman–Crippen MR) is 96.6 cm³/mol. The largest absolute Gasteiger partial charge is 0.364 e. The molecule has 1 aliphatic carbocycles. The Bertz CT molecular complexity index is 531. The summed E-state index contributed by atoms with van der Waals surface area (Å²) < 4.78 is 0.279. The summed E-state index contributed by atoms with van der Waals surface area (Å²) in [6, 6.07) is 0. The van der Waals surface area contributed by atoms with Crippen LogP contribution in [-0.2, 0) is 21.7 Å². The third-order valence-corrected chi connectivity index (χ3v) is 8.37. The number of hydrogen-bond donors (Lipinski definition) is 1.